The molecule has 5 aromatic rings. The van der Waals surface area contributed by atoms with Crippen LogP contribution in [0.5, 0.6) is 5.75 Å². The Morgan fingerprint density at radius 2 is 1.82 bits per heavy atom. The third-order valence-electron chi connectivity index (χ3n) is 5.82. The lowest BCUT2D eigenvalue weighted by atomic mass is 10.0. The van der Waals surface area contributed by atoms with Crippen molar-refractivity contribution >= 4 is 23.1 Å². The molecule has 2 aromatic carbocycles. The maximum Gasteiger partial charge on any atom is 0.412 e. The molecule has 11 nitrogen and oxygen atoms in total. The molecule has 0 aliphatic carbocycles. The number of aromatic nitrogens is 7. The van der Waals surface area contributed by atoms with Gasteiger partial charge in [-0.3, -0.25) is 0 Å². The summed E-state index contributed by atoms with van der Waals surface area (Å²) in [6.45, 7) is 10.1. The highest BCUT2D eigenvalue weighted by molar-refractivity contribution is 5.87. The van der Waals surface area contributed by atoms with Crippen molar-refractivity contribution in [1.82, 2.24) is 39.6 Å². The van der Waals surface area contributed by atoms with Crippen LogP contribution in [0.15, 0.2) is 61.4 Å². The topological polar surface area (TPSA) is 139 Å². The zero-order chi connectivity index (χ0) is 27.0. The predicted octanol–water partition coefficient (Wildman–Crippen LogP) is 4.58. The van der Waals surface area contributed by atoms with Crippen molar-refractivity contribution in [3.8, 4) is 34.0 Å². The number of nitrogens with zero attached hydrogens (tertiary/aromatic N) is 7. The third kappa shape index (κ3) is 4.90. The van der Waals surface area contributed by atoms with Crippen molar-refractivity contribution in [2.45, 2.75) is 46.2 Å². The van der Waals surface area contributed by atoms with Crippen molar-refractivity contribution in [3.63, 3.8) is 0 Å². The minimum absolute atomic E-state index is 0.0536. The number of hydrogen-bond donors (Lipinski definition) is 2. The fraction of sp³-hybridized carbons (Fsp3) is 0.259. The lowest BCUT2D eigenvalue weighted by molar-refractivity contribution is 0.198. The van der Waals surface area contributed by atoms with Crippen LogP contribution in [0.2, 0.25) is 0 Å². The van der Waals surface area contributed by atoms with Gasteiger partial charge in [0.15, 0.2) is 0 Å². The van der Waals surface area contributed by atoms with Gasteiger partial charge in [0.1, 0.15) is 24.2 Å². The Labute approximate surface area is 219 Å². The number of carbonyl (C=O) groups is 1. The van der Waals surface area contributed by atoms with Crippen LogP contribution in [0.1, 0.15) is 34.6 Å². The van der Waals surface area contributed by atoms with Crippen LogP contribution in [-0.4, -0.2) is 46.4 Å². The van der Waals surface area contributed by atoms with E-state index in [2.05, 4.69) is 50.7 Å². The highest BCUT2D eigenvalue weighted by Gasteiger charge is 2.25. The second-order valence-electron chi connectivity index (χ2n) is 10.2. The molecule has 0 aliphatic heterocycles. The van der Waals surface area contributed by atoms with Crippen LogP contribution in [-0.2, 0) is 5.54 Å². The lowest BCUT2D eigenvalue weighted by Crippen LogP contribution is -2.32. The van der Waals surface area contributed by atoms with Gasteiger partial charge in [-0.15, -0.1) is 0 Å². The van der Waals surface area contributed by atoms with Gasteiger partial charge in [0, 0.05) is 35.1 Å². The van der Waals surface area contributed by atoms with E-state index >= 15 is 0 Å². The van der Waals surface area contributed by atoms with Crippen molar-refractivity contribution in [2.75, 3.05) is 5.73 Å². The van der Waals surface area contributed by atoms with Gasteiger partial charge >= 0.3 is 6.09 Å². The summed E-state index contributed by atoms with van der Waals surface area (Å²) in [5, 5.41) is 7.08. The number of carbonyl (C=O) groups excluding carboxylic acids is 1. The quantitative estimate of drug-likeness (QED) is 0.350. The van der Waals surface area contributed by atoms with Crippen molar-refractivity contribution in [1.29, 1.82) is 0 Å². The molecule has 0 unspecified atom stereocenters. The van der Waals surface area contributed by atoms with Crippen LogP contribution >= 0.6 is 0 Å². The first-order valence-corrected chi connectivity index (χ1v) is 12.2. The van der Waals surface area contributed by atoms with E-state index in [0.29, 0.717) is 11.6 Å². The van der Waals surface area contributed by atoms with Crippen molar-refractivity contribution in [2.24, 2.45) is 0 Å². The average Bonchev–Trinajstić information content (AvgIpc) is 3.51. The fourth-order valence-corrected chi connectivity index (χ4v) is 4.27. The Hall–Kier alpha value is -4.80. The molecule has 11 heteroatoms. The van der Waals surface area contributed by atoms with E-state index in [1.165, 1.54) is 6.33 Å². The highest BCUT2D eigenvalue weighted by Crippen LogP contribution is 2.37. The predicted molar refractivity (Wildman–Crippen MR) is 145 cm³/mol. The molecule has 0 spiro atoms. The zero-order valence-corrected chi connectivity index (χ0v) is 21.9. The summed E-state index contributed by atoms with van der Waals surface area (Å²) >= 11 is 0. The minimum atomic E-state index is -0.529. The molecule has 0 aliphatic rings. The fourth-order valence-electron chi connectivity index (χ4n) is 4.27. The van der Waals surface area contributed by atoms with Crippen LogP contribution in [0, 0.1) is 0 Å². The molecule has 3 N–H and O–H groups in total. The van der Waals surface area contributed by atoms with E-state index in [9.17, 15) is 4.79 Å². The molecule has 3 heterocycles. The Morgan fingerprint density at radius 1 is 1.05 bits per heavy atom. The number of ether oxygens (including phenoxy) is 1. The summed E-state index contributed by atoms with van der Waals surface area (Å²) in [4.78, 5) is 29.8. The Kier molecular flexibility index (Phi) is 6.27. The summed E-state index contributed by atoms with van der Waals surface area (Å²) in [5.74, 6) is 1.30. The van der Waals surface area contributed by atoms with E-state index < -0.39 is 6.09 Å². The number of imidazole rings is 1. The summed E-state index contributed by atoms with van der Waals surface area (Å²) in [6.07, 6.45) is 5.94. The molecule has 1 amide bonds. The van der Waals surface area contributed by atoms with Crippen LogP contribution in [0.3, 0.4) is 0 Å². The van der Waals surface area contributed by atoms with Gasteiger partial charge in [0.2, 0.25) is 5.95 Å². The molecule has 194 valence electrons. The molecule has 0 saturated carbocycles. The first-order valence-electron chi connectivity index (χ1n) is 12.2. The number of nitrogens with one attached hydrogen (secondary N) is 1. The Balaban J connectivity index is 1.70. The summed E-state index contributed by atoms with van der Waals surface area (Å²) in [5.41, 5.74) is 10.3. The van der Waals surface area contributed by atoms with Crippen molar-refractivity contribution in [3.05, 3.63) is 61.4 Å². The largest absolute Gasteiger partial charge is 0.412 e. The van der Waals surface area contributed by atoms with E-state index in [1.54, 1.807) is 35.5 Å². The standard InChI is InChI=1S/C27H29N9O2/c1-16(2)33-26(37)38-19-7-9-22(35-15-29-14-32-35)20(11-19)24-34-21-10-17(18-12-30-25(28)31-13-18)6-8-23(21)36(24)27(3,4)5/h6-16H,1-5H3,(H,33,37)(H2,28,30,31). The molecule has 0 fully saturated rings. The maximum absolute atomic E-state index is 12.3. The average molecular weight is 512 g/mol. The number of nitrogens with two attached hydrogens (primary N) is 1. The van der Waals surface area contributed by atoms with E-state index in [4.69, 9.17) is 15.5 Å². The van der Waals surface area contributed by atoms with Gasteiger partial charge in [0.05, 0.1) is 16.7 Å². The van der Waals surface area contributed by atoms with Crippen molar-refractivity contribution < 1.29 is 9.53 Å². The molecule has 38 heavy (non-hydrogen) atoms. The highest BCUT2D eigenvalue weighted by atomic mass is 16.6. The first kappa shape index (κ1) is 24.9. The molecule has 3 aromatic heterocycles. The van der Waals surface area contributed by atoms with Crippen LogP contribution < -0.4 is 15.8 Å². The molecular weight excluding hydrogens is 482 g/mol. The summed E-state index contributed by atoms with van der Waals surface area (Å²) in [6, 6.07) is 11.4. The summed E-state index contributed by atoms with van der Waals surface area (Å²) < 4.78 is 9.42. The monoisotopic (exact) mass is 511 g/mol. The van der Waals surface area contributed by atoms with E-state index in [1.807, 2.05) is 38.1 Å². The number of nitrogen functional groups attached to an aromatic ring is 1. The number of fused-ring (bicyclic) bond motifs is 1. The maximum atomic E-state index is 12.3. The first-order chi connectivity index (χ1) is 18.1. The number of rotatable bonds is 5. The smallest absolute Gasteiger partial charge is 0.410 e. The van der Waals surface area contributed by atoms with Gasteiger partial charge in [-0.2, -0.15) is 5.10 Å². The number of hydrogen-bond acceptors (Lipinski definition) is 8. The minimum Gasteiger partial charge on any atom is -0.410 e. The molecule has 0 saturated heterocycles. The number of benzene rings is 2. The molecule has 0 atom stereocenters. The van der Waals surface area contributed by atoms with Crippen LogP contribution in [0.25, 0.3) is 39.2 Å². The second kappa shape index (κ2) is 9.58. The van der Waals surface area contributed by atoms with Gasteiger partial charge in [-0.25, -0.2) is 29.4 Å². The Bertz CT molecular complexity index is 1600. The van der Waals surface area contributed by atoms with Gasteiger partial charge in [-0.05, 0) is 70.5 Å². The third-order valence-corrected chi connectivity index (χ3v) is 5.82. The number of amides is 1. The van der Waals surface area contributed by atoms with Gasteiger partial charge in [-0.1, -0.05) is 6.07 Å². The molecule has 0 bridgehead atoms. The molecule has 0 radical (unpaired) electrons. The van der Waals surface area contributed by atoms with E-state index in [0.717, 1.165) is 33.4 Å². The SMILES string of the molecule is CC(C)NC(=O)Oc1ccc(-n2cncn2)c(-c2nc3cc(-c4cnc(N)nc4)ccc3n2C(C)(C)C)c1. The second-order valence-corrected chi connectivity index (χ2v) is 10.2. The zero-order valence-electron chi connectivity index (χ0n) is 21.9. The lowest BCUT2D eigenvalue weighted by Gasteiger charge is -2.25. The normalized spacial score (nSPS) is 11.7. The van der Waals surface area contributed by atoms with Gasteiger partial charge < -0.3 is 20.4 Å². The van der Waals surface area contributed by atoms with Gasteiger partial charge in [0.25, 0.3) is 0 Å². The number of anilines is 1. The Morgan fingerprint density at radius 3 is 2.47 bits per heavy atom. The summed E-state index contributed by atoms with van der Waals surface area (Å²) in [7, 11) is 0. The van der Waals surface area contributed by atoms with Crippen LogP contribution in [0.4, 0.5) is 10.7 Å². The molecular formula is C27H29N9O2. The van der Waals surface area contributed by atoms with E-state index in [-0.39, 0.29) is 17.5 Å². The molecule has 5 rings (SSSR count).